The lowest BCUT2D eigenvalue weighted by Gasteiger charge is -2.15. The minimum atomic E-state index is 0.636. The first kappa shape index (κ1) is 16.9. The molecular weight excluding hydrogens is 322 g/mol. The number of aryl methyl sites for hydroxylation is 3. The van der Waals surface area contributed by atoms with E-state index in [0.717, 1.165) is 38.3 Å². The van der Waals surface area contributed by atoms with E-state index in [1.165, 1.54) is 23.1 Å². The molecule has 3 heterocycles. The van der Waals surface area contributed by atoms with Gasteiger partial charge in [-0.1, -0.05) is 35.5 Å². The van der Waals surface area contributed by atoms with Crippen LogP contribution in [0.25, 0.3) is 0 Å². The highest BCUT2D eigenvalue weighted by Crippen LogP contribution is 2.29. The number of benzene rings is 1. The Morgan fingerprint density at radius 3 is 2.92 bits per heavy atom. The van der Waals surface area contributed by atoms with Crippen molar-refractivity contribution >= 4 is 0 Å². The number of rotatable bonds is 6. The van der Waals surface area contributed by atoms with Crippen LogP contribution in [0.3, 0.4) is 0 Å². The average Bonchev–Trinajstić information content (AvgIpc) is 3.31. The van der Waals surface area contributed by atoms with Crippen LogP contribution in [0.1, 0.15) is 34.7 Å². The summed E-state index contributed by atoms with van der Waals surface area (Å²) in [7, 11) is 0. The molecule has 0 aliphatic carbocycles. The van der Waals surface area contributed by atoms with Gasteiger partial charge in [-0.2, -0.15) is 0 Å². The number of pyridine rings is 1. The minimum Gasteiger partial charge on any atom is -0.297 e. The van der Waals surface area contributed by atoms with Crippen molar-refractivity contribution in [1.29, 1.82) is 0 Å². The minimum absolute atomic E-state index is 0.636. The van der Waals surface area contributed by atoms with Crippen molar-refractivity contribution in [3.05, 3.63) is 77.4 Å². The SMILES string of the molecule is Cc1ccccc1C1CCN(Cc2cn(CCc3cccnc3)nn2)C1. The second-order valence-electron chi connectivity index (χ2n) is 7.16. The highest BCUT2D eigenvalue weighted by molar-refractivity contribution is 5.30. The lowest BCUT2D eigenvalue weighted by Crippen LogP contribution is -2.20. The normalized spacial score (nSPS) is 17.7. The molecular formula is C21H25N5. The van der Waals surface area contributed by atoms with Crippen LogP contribution in [-0.2, 0) is 19.5 Å². The molecule has 0 radical (unpaired) electrons. The third-order valence-electron chi connectivity index (χ3n) is 5.22. The van der Waals surface area contributed by atoms with Gasteiger partial charge in [-0.3, -0.25) is 14.6 Å². The molecule has 134 valence electrons. The predicted molar refractivity (Wildman–Crippen MR) is 102 cm³/mol. The Labute approximate surface area is 154 Å². The van der Waals surface area contributed by atoms with Gasteiger partial charge in [0.2, 0.25) is 0 Å². The Balaban J connectivity index is 1.31. The largest absolute Gasteiger partial charge is 0.297 e. The zero-order chi connectivity index (χ0) is 17.8. The van der Waals surface area contributed by atoms with Crippen molar-refractivity contribution in [2.24, 2.45) is 0 Å². The summed E-state index contributed by atoms with van der Waals surface area (Å²) < 4.78 is 1.94. The summed E-state index contributed by atoms with van der Waals surface area (Å²) in [5.74, 6) is 0.636. The van der Waals surface area contributed by atoms with Crippen molar-refractivity contribution in [1.82, 2.24) is 24.9 Å². The summed E-state index contributed by atoms with van der Waals surface area (Å²) in [4.78, 5) is 6.65. The van der Waals surface area contributed by atoms with Crippen LogP contribution in [0.5, 0.6) is 0 Å². The summed E-state index contributed by atoms with van der Waals surface area (Å²) >= 11 is 0. The monoisotopic (exact) mass is 347 g/mol. The Morgan fingerprint density at radius 2 is 2.08 bits per heavy atom. The van der Waals surface area contributed by atoms with E-state index in [0.29, 0.717) is 5.92 Å². The van der Waals surface area contributed by atoms with Crippen LogP contribution in [0.4, 0.5) is 0 Å². The van der Waals surface area contributed by atoms with Crippen molar-refractivity contribution in [2.45, 2.75) is 38.8 Å². The molecule has 1 aliphatic rings. The number of aromatic nitrogens is 4. The molecule has 26 heavy (non-hydrogen) atoms. The third kappa shape index (κ3) is 3.99. The van der Waals surface area contributed by atoms with Gasteiger partial charge in [-0.15, -0.1) is 5.10 Å². The van der Waals surface area contributed by atoms with Crippen molar-refractivity contribution in [3.8, 4) is 0 Å². The van der Waals surface area contributed by atoms with E-state index in [2.05, 4.69) is 63.6 Å². The molecule has 0 amide bonds. The fraction of sp³-hybridized carbons (Fsp3) is 0.381. The van der Waals surface area contributed by atoms with Gasteiger partial charge in [0.15, 0.2) is 0 Å². The molecule has 0 saturated carbocycles. The first-order valence-corrected chi connectivity index (χ1v) is 9.34. The van der Waals surface area contributed by atoms with Gasteiger partial charge in [0, 0.05) is 38.2 Å². The first-order valence-electron chi connectivity index (χ1n) is 9.34. The molecule has 0 N–H and O–H groups in total. The maximum atomic E-state index is 4.36. The van der Waals surface area contributed by atoms with E-state index < -0.39 is 0 Å². The Kier molecular flexibility index (Phi) is 5.07. The van der Waals surface area contributed by atoms with Crippen LogP contribution >= 0.6 is 0 Å². The first-order chi connectivity index (χ1) is 12.8. The Hall–Kier alpha value is -2.53. The Morgan fingerprint density at radius 1 is 1.15 bits per heavy atom. The van der Waals surface area contributed by atoms with Crippen LogP contribution in [0.2, 0.25) is 0 Å². The van der Waals surface area contributed by atoms with Crippen LogP contribution in [0, 0.1) is 6.92 Å². The molecule has 1 saturated heterocycles. The summed E-state index contributed by atoms with van der Waals surface area (Å²) in [6.45, 7) is 6.17. The smallest absolute Gasteiger partial charge is 0.0967 e. The average molecular weight is 347 g/mol. The number of nitrogens with zero attached hydrogens (tertiary/aromatic N) is 5. The fourth-order valence-corrected chi connectivity index (χ4v) is 3.81. The topological polar surface area (TPSA) is 46.8 Å². The van der Waals surface area contributed by atoms with E-state index in [9.17, 15) is 0 Å². The molecule has 5 heteroatoms. The maximum absolute atomic E-state index is 4.36. The molecule has 3 aromatic rings. The van der Waals surface area contributed by atoms with Crippen molar-refractivity contribution in [2.75, 3.05) is 13.1 Å². The lowest BCUT2D eigenvalue weighted by molar-refractivity contribution is 0.322. The number of hydrogen-bond donors (Lipinski definition) is 0. The van der Waals surface area contributed by atoms with Crippen molar-refractivity contribution < 1.29 is 0 Å². The van der Waals surface area contributed by atoms with Crippen molar-refractivity contribution in [3.63, 3.8) is 0 Å². The number of likely N-dealkylation sites (tertiary alicyclic amines) is 1. The zero-order valence-corrected chi connectivity index (χ0v) is 15.3. The van der Waals surface area contributed by atoms with Gasteiger partial charge in [-0.05, 0) is 55.0 Å². The molecule has 0 bridgehead atoms. The summed E-state index contributed by atoms with van der Waals surface area (Å²) in [6, 6.07) is 12.8. The summed E-state index contributed by atoms with van der Waals surface area (Å²) in [6.07, 6.45) is 7.94. The quantitative estimate of drug-likeness (QED) is 0.687. The van der Waals surface area contributed by atoms with Gasteiger partial charge < -0.3 is 0 Å². The highest BCUT2D eigenvalue weighted by atomic mass is 15.4. The second kappa shape index (κ2) is 7.79. The fourth-order valence-electron chi connectivity index (χ4n) is 3.81. The molecule has 1 fully saturated rings. The van der Waals surface area contributed by atoms with Gasteiger partial charge in [0.05, 0.1) is 5.69 Å². The standard InChI is InChI=1S/C21H25N5/c1-17-5-2-3-7-21(17)19-9-11-25(14-19)15-20-16-26(24-23-20)12-8-18-6-4-10-22-13-18/h2-7,10,13,16,19H,8-9,11-12,14-15H2,1H3. The van der Waals surface area contributed by atoms with Crippen LogP contribution < -0.4 is 0 Å². The molecule has 5 nitrogen and oxygen atoms in total. The van der Waals surface area contributed by atoms with E-state index >= 15 is 0 Å². The highest BCUT2D eigenvalue weighted by Gasteiger charge is 2.25. The van der Waals surface area contributed by atoms with Gasteiger partial charge in [-0.25, -0.2) is 0 Å². The zero-order valence-electron chi connectivity index (χ0n) is 15.3. The molecule has 1 aliphatic heterocycles. The van der Waals surface area contributed by atoms with E-state index in [4.69, 9.17) is 0 Å². The second-order valence-corrected chi connectivity index (χ2v) is 7.16. The molecule has 1 unspecified atom stereocenters. The lowest BCUT2D eigenvalue weighted by atomic mass is 9.94. The van der Waals surface area contributed by atoms with Crippen LogP contribution in [0.15, 0.2) is 55.0 Å². The predicted octanol–water partition coefficient (Wildman–Crippen LogP) is 3.21. The van der Waals surface area contributed by atoms with Gasteiger partial charge in [0.1, 0.15) is 0 Å². The summed E-state index contributed by atoms with van der Waals surface area (Å²) in [5, 5.41) is 8.65. The molecule has 0 spiro atoms. The molecule has 2 aromatic heterocycles. The van der Waals surface area contributed by atoms with E-state index in [-0.39, 0.29) is 0 Å². The number of hydrogen-bond acceptors (Lipinski definition) is 4. The van der Waals surface area contributed by atoms with E-state index in [1.807, 2.05) is 16.9 Å². The van der Waals surface area contributed by atoms with Gasteiger partial charge in [0.25, 0.3) is 0 Å². The molecule has 1 aromatic carbocycles. The van der Waals surface area contributed by atoms with E-state index in [1.54, 1.807) is 6.20 Å². The van der Waals surface area contributed by atoms with Gasteiger partial charge >= 0.3 is 0 Å². The van der Waals surface area contributed by atoms with Crippen LogP contribution in [-0.4, -0.2) is 38.0 Å². The molecule has 1 atom stereocenters. The Bertz CT molecular complexity index is 842. The molecule has 4 rings (SSSR count). The maximum Gasteiger partial charge on any atom is 0.0967 e. The summed E-state index contributed by atoms with van der Waals surface area (Å²) in [5.41, 5.74) is 5.18. The third-order valence-corrected chi connectivity index (χ3v) is 5.22.